The van der Waals surface area contributed by atoms with Crippen LogP contribution in [-0.4, -0.2) is 30.6 Å². The number of rotatable bonds is 5. The van der Waals surface area contributed by atoms with Gasteiger partial charge in [0.25, 0.3) is 11.6 Å². The number of carbonyl (C=O) groups is 1. The van der Waals surface area contributed by atoms with Crippen LogP contribution in [0.1, 0.15) is 22.8 Å². The summed E-state index contributed by atoms with van der Waals surface area (Å²) in [6, 6.07) is 13.1. The smallest absolute Gasteiger partial charge is 0.271 e. The summed E-state index contributed by atoms with van der Waals surface area (Å²) in [5.41, 5.74) is 5.25. The van der Waals surface area contributed by atoms with Crippen LogP contribution in [0.5, 0.6) is 0 Å². The maximum atomic E-state index is 12.1. The molecule has 7 heteroatoms. The molecule has 0 bridgehead atoms. The lowest BCUT2D eigenvalue weighted by atomic mass is 10.1. The Balaban J connectivity index is 2.05. The first-order chi connectivity index (χ1) is 11.4. The van der Waals surface area contributed by atoms with Crippen LogP contribution in [0.2, 0.25) is 0 Å². The zero-order valence-corrected chi connectivity index (χ0v) is 13.7. The summed E-state index contributed by atoms with van der Waals surface area (Å²) >= 11 is 0. The van der Waals surface area contributed by atoms with E-state index in [1.807, 2.05) is 31.1 Å². The molecule has 2 aromatic carbocycles. The molecule has 0 heterocycles. The highest BCUT2D eigenvalue weighted by atomic mass is 16.6. The zero-order valence-electron chi connectivity index (χ0n) is 13.7. The third kappa shape index (κ3) is 4.16. The van der Waals surface area contributed by atoms with Gasteiger partial charge in [-0.05, 0) is 48.9 Å². The minimum Gasteiger partial charge on any atom is -0.378 e. The summed E-state index contributed by atoms with van der Waals surface area (Å²) in [5.74, 6) is -0.318. The fourth-order valence-electron chi connectivity index (χ4n) is 2.00. The van der Waals surface area contributed by atoms with E-state index in [2.05, 4.69) is 10.5 Å². The van der Waals surface area contributed by atoms with E-state index < -0.39 is 4.92 Å². The first-order valence-corrected chi connectivity index (χ1v) is 7.25. The van der Waals surface area contributed by atoms with Crippen molar-refractivity contribution in [1.29, 1.82) is 0 Å². The summed E-state index contributed by atoms with van der Waals surface area (Å²) in [6.45, 7) is 1.72. The zero-order chi connectivity index (χ0) is 17.7. The third-order valence-corrected chi connectivity index (χ3v) is 3.47. The van der Waals surface area contributed by atoms with Gasteiger partial charge in [-0.2, -0.15) is 5.10 Å². The van der Waals surface area contributed by atoms with Gasteiger partial charge in [-0.25, -0.2) is 5.43 Å². The van der Waals surface area contributed by atoms with E-state index in [0.29, 0.717) is 16.8 Å². The van der Waals surface area contributed by atoms with Gasteiger partial charge >= 0.3 is 0 Å². The van der Waals surface area contributed by atoms with Gasteiger partial charge in [0.05, 0.1) is 10.6 Å². The molecule has 2 rings (SSSR count). The molecule has 0 atom stereocenters. The van der Waals surface area contributed by atoms with E-state index in [1.165, 1.54) is 12.1 Å². The summed E-state index contributed by atoms with van der Waals surface area (Å²) in [6.07, 6.45) is 0. The van der Waals surface area contributed by atoms with Crippen molar-refractivity contribution in [3.63, 3.8) is 0 Å². The topological polar surface area (TPSA) is 87.8 Å². The van der Waals surface area contributed by atoms with Gasteiger partial charge in [-0.3, -0.25) is 14.9 Å². The number of nitrogens with one attached hydrogen (secondary N) is 1. The van der Waals surface area contributed by atoms with E-state index in [1.54, 1.807) is 31.2 Å². The second-order valence-corrected chi connectivity index (χ2v) is 5.38. The van der Waals surface area contributed by atoms with Crippen LogP contribution in [0, 0.1) is 10.1 Å². The Labute approximate surface area is 139 Å². The van der Waals surface area contributed by atoms with Crippen LogP contribution in [-0.2, 0) is 0 Å². The molecule has 0 aliphatic heterocycles. The van der Waals surface area contributed by atoms with Gasteiger partial charge in [0.1, 0.15) is 0 Å². The Morgan fingerprint density at radius 1 is 1.04 bits per heavy atom. The standard InChI is InChI=1S/C17H18N4O3/c1-12(13-4-10-16(11-5-13)21(23)24)18-19-17(22)14-6-8-15(9-7-14)20(2)3/h4-11H,1-3H3,(H,19,22)/b18-12+. The van der Waals surface area contributed by atoms with Gasteiger partial charge in [0.15, 0.2) is 0 Å². The second kappa shape index (κ2) is 7.36. The van der Waals surface area contributed by atoms with Crippen molar-refractivity contribution >= 4 is 23.0 Å². The maximum Gasteiger partial charge on any atom is 0.271 e. The predicted octanol–water partition coefficient (Wildman–Crippen LogP) is 2.81. The highest BCUT2D eigenvalue weighted by Gasteiger charge is 2.07. The molecular formula is C17H18N4O3. The molecule has 0 saturated carbocycles. The molecule has 1 amide bonds. The van der Waals surface area contributed by atoms with Crippen molar-refractivity contribution < 1.29 is 9.72 Å². The van der Waals surface area contributed by atoms with E-state index in [-0.39, 0.29) is 11.6 Å². The van der Waals surface area contributed by atoms with Crippen molar-refractivity contribution in [2.45, 2.75) is 6.92 Å². The molecule has 7 nitrogen and oxygen atoms in total. The van der Waals surface area contributed by atoms with Crippen molar-refractivity contribution in [3.05, 3.63) is 69.8 Å². The Morgan fingerprint density at radius 3 is 2.08 bits per heavy atom. The average molecular weight is 326 g/mol. The van der Waals surface area contributed by atoms with Gasteiger partial charge in [0.2, 0.25) is 0 Å². The molecule has 0 aliphatic carbocycles. The number of hydrazone groups is 1. The molecule has 124 valence electrons. The van der Waals surface area contributed by atoms with Crippen molar-refractivity contribution in [2.75, 3.05) is 19.0 Å². The van der Waals surface area contributed by atoms with Crippen molar-refractivity contribution in [3.8, 4) is 0 Å². The molecule has 2 aromatic rings. The normalized spacial score (nSPS) is 11.0. The summed E-state index contributed by atoms with van der Waals surface area (Å²) in [4.78, 5) is 24.2. The summed E-state index contributed by atoms with van der Waals surface area (Å²) in [5, 5.41) is 14.7. The van der Waals surface area contributed by atoms with Gasteiger partial charge in [-0.1, -0.05) is 0 Å². The average Bonchev–Trinajstić information content (AvgIpc) is 2.59. The van der Waals surface area contributed by atoms with Crippen LogP contribution < -0.4 is 10.3 Å². The quantitative estimate of drug-likeness (QED) is 0.520. The first-order valence-electron chi connectivity index (χ1n) is 7.25. The Bertz CT molecular complexity index is 765. The maximum absolute atomic E-state index is 12.1. The molecule has 0 fully saturated rings. The molecule has 0 saturated heterocycles. The van der Waals surface area contributed by atoms with Gasteiger partial charge < -0.3 is 4.90 Å². The van der Waals surface area contributed by atoms with Crippen LogP contribution in [0.25, 0.3) is 0 Å². The molecular weight excluding hydrogens is 308 g/mol. The van der Waals surface area contributed by atoms with Gasteiger partial charge in [0, 0.05) is 37.5 Å². The second-order valence-electron chi connectivity index (χ2n) is 5.38. The predicted molar refractivity (Wildman–Crippen MR) is 93.5 cm³/mol. The molecule has 0 aliphatic rings. The number of hydrogen-bond acceptors (Lipinski definition) is 5. The molecule has 0 aromatic heterocycles. The van der Waals surface area contributed by atoms with Crippen molar-refractivity contribution in [2.24, 2.45) is 5.10 Å². The minimum absolute atomic E-state index is 0.0107. The molecule has 0 unspecified atom stereocenters. The lowest BCUT2D eigenvalue weighted by Gasteiger charge is -2.12. The fraction of sp³-hybridized carbons (Fsp3) is 0.176. The number of amides is 1. The van der Waals surface area contributed by atoms with Crippen LogP contribution in [0.3, 0.4) is 0 Å². The van der Waals surface area contributed by atoms with E-state index in [9.17, 15) is 14.9 Å². The lowest BCUT2D eigenvalue weighted by molar-refractivity contribution is -0.384. The third-order valence-electron chi connectivity index (χ3n) is 3.47. The largest absolute Gasteiger partial charge is 0.378 e. The van der Waals surface area contributed by atoms with Crippen molar-refractivity contribution in [1.82, 2.24) is 5.43 Å². The number of nitro groups is 1. The highest BCUT2D eigenvalue weighted by Crippen LogP contribution is 2.13. The minimum atomic E-state index is -0.463. The number of benzene rings is 2. The SMILES string of the molecule is C/C(=N\NC(=O)c1ccc(N(C)C)cc1)c1ccc([N+](=O)[O-])cc1. The number of non-ortho nitro benzene ring substituents is 1. The lowest BCUT2D eigenvalue weighted by Crippen LogP contribution is -2.19. The number of carbonyl (C=O) groups excluding carboxylic acids is 1. The van der Waals surface area contributed by atoms with E-state index in [0.717, 1.165) is 5.69 Å². The Kier molecular flexibility index (Phi) is 5.26. The fourth-order valence-corrected chi connectivity index (χ4v) is 2.00. The Hall–Kier alpha value is -3.22. The molecule has 0 spiro atoms. The highest BCUT2D eigenvalue weighted by molar-refractivity contribution is 6.01. The summed E-state index contributed by atoms with van der Waals surface area (Å²) in [7, 11) is 3.85. The molecule has 1 N–H and O–H groups in total. The number of anilines is 1. The Morgan fingerprint density at radius 2 is 1.58 bits per heavy atom. The molecule has 24 heavy (non-hydrogen) atoms. The van der Waals surface area contributed by atoms with Crippen LogP contribution >= 0.6 is 0 Å². The van der Waals surface area contributed by atoms with Crippen LogP contribution in [0.4, 0.5) is 11.4 Å². The van der Waals surface area contributed by atoms with Crippen LogP contribution in [0.15, 0.2) is 53.6 Å². The summed E-state index contributed by atoms with van der Waals surface area (Å²) < 4.78 is 0. The van der Waals surface area contributed by atoms with E-state index >= 15 is 0 Å². The monoisotopic (exact) mass is 326 g/mol. The number of nitro benzene ring substituents is 1. The number of hydrogen-bond donors (Lipinski definition) is 1. The van der Waals surface area contributed by atoms with Gasteiger partial charge in [-0.15, -0.1) is 0 Å². The molecule has 0 radical (unpaired) electrons. The van der Waals surface area contributed by atoms with E-state index in [4.69, 9.17) is 0 Å². The first kappa shape index (κ1) is 17.1. The number of nitrogens with zero attached hydrogens (tertiary/aromatic N) is 3.